The molecule has 0 amide bonds. The number of aromatic nitrogens is 2. The molecule has 0 bridgehead atoms. The summed E-state index contributed by atoms with van der Waals surface area (Å²) in [5.74, 6) is 1.54. The molecule has 0 atom stereocenters. The molecule has 0 radical (unpaired) electrons. The van der Waals surface area contributed by atoms with Crippen LogP contribution >= 0.6 is 0 Å². The van der Waals surface area contributed by atoms with E-state index < -0.39 is 0 Å². The zero-order valence-corrected chi connectivity index (χ0v) is 15.8. The summed E-state index contributed by atoms with van der Waals surface area (Å²) in [5, 5.41) is 4.47. The van der Waals surface area contributed by atoms with Gasteiger partial charge in [-0.05, 0) is 49.4 Å². The Morgan fingerprint density at radius 1 is 0.815 bits per heavy atom. The molecule has 1 aromatic heterocycles. The van der Waals surface area contributed by atoms with Crippen molar-refractivity contribution in [3.63, 3.8) is 0 Å². The molecular formula is C23H22N4. The number of anilines is 3. The highest BCUT2D eigenvalue weighted by atomic mass is 15.1. The van der Waals surface area contributed by atoms with E-state index in [0.29, 0.717) is 0 Å². The van der Waals surface area contributed by atoms with Crippen LogP contribution < -0.4 is 10.2 Å². The molecule has 0 spiro atoms. The third-order valence-corrected chi connectivity index (χ3v) is 4.53. The Balaban J connectivity index is 1.78. The van der Waals surface area contributed by atoms with Crippen molar-refractivity contribution in [2.75, 3.05) is 24.3 Å². The smallest absolute Gasteiger partial charge is 0.162 e. The van der Waals surface area contributed by atoms with Crippen molar-refractivity contribution < 1.29 is 0 Å². The van der Waals surface area contributed by atoms with E-state index in [2.05, 4.69) is 53.5 Å². The van der Waals surface area contributed by atoms with Gasteiger partial charge >= 0.3 is 0 Å². The molecule has 4 aromatic rings. The van der Waals surface area contributed by atoms with E-state index in [0.717, 1.165) is 39.5 Å². The monoisotopic (exact) mass is 354 g/mol. The van der Waals surface area contributed by atoms with Crippen LogP contribution in [-0.2, 0) is 0 Å². The highest BCUT2D eigenvalue weighted by Crippen LogP contribution is 2.28. The zero-order chi connectivity index (χ0) is 18.8. The van der Waals surface area contributed by atoms with Crippen LogP contribution in [0.2, 0.25) is 0 Å². The van der Waals surface area contributed by atoms with Gasteiger partial charge in [0.1, 0.15) is 5.82 Å². The maximum absolute atomic E-state index is 4.83. The SMILES string of the molecule is Cc1cccc(-c2nc(Nc3ccc(N(C)C)cc3)c3ccccc3n2)c1. The van der Waals surface area contributed by atoms with Crippen LogP contribution in [0.5, 0.6) is 0 Å². The maximum Gasteiger partial charge on any atom is 0.162 e. The molecule has 1 heterocycles. The van der Waals surface area contributed by atoms with E-state index in [1.165, 1.54) is 5.56 Å². The minimum atomic E-state index is 0.727. The minimum absolute atomic E-state index is 0.727. The highest BCUT2D eigenvalue weighted by Gasteiger charge is 2.10. The zero-order valence-electron chi connectivity index (χ0n) is 15.8. The Hall–Kier alpha value is -3.40. The second kappa shape index (κ2) is 7.08. The largest absolute Gasteiger partial charge is 0.378 e. The average Bonchev–Trinajstić information content (AvgIpc) is 2.68. The molecule has 0 saturated carbocycles. The fraction of sp³-hybridized carbons (Fsp3) is 0.130. The first-order valence-electron chi connectivity index (χ1n) is 8.98. The fourth-order valence-electron chi connectivity index (χ4n) is 3.06. The molecule has 0 aliphatic rings. The first kappa shape index (κ1) is 17.0. The van der Waals surface area contributed by atoms with Gasteiger partial charge in [0.15, 0.2) is 5.82 Å². The highest BCUT2D eigenvalue weighted by molar-refractivity contribution is 5.92. The molecule has 0 aliphatic heterocycles. The van der Waals surface area contributed by atoms with Crippen LogP contribution in [0.3, 0.4) is 0 Å². The molecule has 134 valence electrons. The van der Waals surface area contributed by atoms with E-state index in [1.54, 1.807) is 0 Å². The third-order valence-electron chi connectivity index (χ3n) is 4.53. The van der Waals surface area contributed by atoms with Gasteiger partial charge in [0.2, 0.25) is 0 Å². The third kappa shape index (κ3) is 3.60. The van der Waals surface area contributed by atoms with Gasteiger partial charge in [0.25, 0.3) is 0 Å². The number of nitrogens with zero attached hydrogens (tertiary/aromatic N) is 3. The summed E-state index contributed by atoms with van der Waals surface area (Å²) >= 11 is 0. The summed E-state index contributed by atoms with van der Waals surface area (Å²) in [6.45, 7) is 2.08. The average molecular weight is 354 g/mol. The van der Waals surface area contributed by atoms with Gasteiger partial charge in [0.05, 0.1) is 5.52 Å². The van der Waals surface area contributed by atoms with Crippen LogP contribution in [0.15, 0.2) is 72.8 Å². The van der Waals surface area contributed by atoms with Crippen molar-refractivity contribution in [1.82, 2.24) is 9.97 Å². The molecular weight excluding hydrogens is 332 g/mol. The summed E-state index contributed by atoms with van der Waals surface area (Å²) in [7, 11) is 4.07. The molecule has 0 saturated heterocycles. The summed E-state index contributed by atoms with van der Waals surface area (Å²) in [6.07, 6.45) is 0. The van der Waals surface area contributed by atoms with Crippen LogP contribution in [0.4, 0.5) is 17.2 Å². The van der Waals surface area contributed by atoms with Crippen LogP contribution in [0, 0.1) is 6.92 Å². The van der Waals surface area contributed by atoms with E-state index in [9.17, 15) is 0 Å². The minimum Gasteiger partial charge on any atom is -0.378 e. The van der Waals surface area contributed by atoms with Crippen molar-refractivity contribution in [1.29, 1.82) is 0 Å². The number of para-hydroxylation sites is 1. The predicted molar refractivity (Wildman–Crippen MR) is 114 cm³/mol. The molecule has 27 heavy (non-hydrogen) atoms. The summed E-state index contributed by atoms with van der Waals surface area (Å²) in [5.41, 5.74) is 5.30. The number of hydrogen-bond donors (Lipinski definition) is 1. The second-order valence-electron chi connectivity index (χ2n) is 6.85. The van der Waals surface area contributed by atoms with Crippen molar-refractivity contribution >= 4 is 28.1 Å². The molecule has 3 aromatic carbocycles. The summed E-state index contributed by atoms with van der Waals surface area (Å²) in [4.78, 5) is 11.7. The summed E-state index contributed by atoms with van der Waals surface area (Å²) < 4.78 is 0. The van der Waals surface area contributed by atoms with Gasteiger partial charge in [-0.25, -0.2) is 9.97 Å². The number of benzene rings is 3. The quantitative estimate of drug-likeness (QED) is 0.532. The van der Waals surface area contributed by atoms with Gasteiger partial charge in [0, 0.05) is 36.4 Å². The lowest BCUT2D eigenvalue weighted by molar-refractivity contribution is 1.13. The molecule has 4 nitrogen and oxygen atoms in total. The lowest BCUT2D eigenvalue weighted by Gasteiger charge is -2.14. The molecule has 1 N–H and O–H groups in total. The molecule has 0 unspecified atom stereocenters. The fourth-order valence-corrected chi connectivity index (χ4v) is 3.06. The van der Waals surface area contributed by atoms with E-state index >= 15 is 0 Å². The van der Waals surface area contributed by atoms with Gasteiger partial charge in [-0.3, -0.25) is 0 Å². The standard InChI is InChI=1S/C23H22N4/c1-16-7-6-8-17(15-16)22-25-21-10-5-4-9-20(21)23(26-22)24-18-11-13-19(14-12-18)27(2)3/h4-15H,1-3H3,(H,24,25,26). The Labute approximate surface area is 159 Å². The van der Waals surface area contributed by atoms with Crippen molar-refractivity contribution in [3.05, 3.63) is 78.4 Å². The van der Waals surface area contributed by atoms with Crippen LogP contribution in [-0.4, -0.2) is 24.1 Å². The molecule has 4 heteroatoms. The first-order chi connectivity index (χ1) is 13.1. The van der Waals surface area contributed by atoms with Crippen LogP contribution in [0.25, 0.3) is 22.3 Å². The summed E-state index contributed by atoms with van der Waals surface area (Å²) in [6, 6.07) is 24.7. The number of rotatable bonds is 4. The number of nitrogens with one attached hydrogen (secondary N) is 1. The Bertz CT molecular complexity index is 1080. The number of hydrogen-bond acceptors (Lipinski definition) is 4. The van der Waals surface area contributed by atoms with Crippen LogP contribution in [0.1, 0.15) is 5.56 Å². The van der Waals surface area contributed by atoms with Gasteiger partial charge in [-0.2, -0.15) is 0 Å². The number of fused-ring (bicyclic) bond motifs is 1. The Morgan fingerprint density at radius 2 is 1.59 bits per heavy atom. The van der Waals surface area contributed by atoms with Crippen molar-refractivity contribution in [2.24, 2.45) is 0 Å². The predicted octanol–water partition coefficient (Wildman–Crippen LogP) is 5.41. The normalized spacial score (nSPS) is 10.8. The maximum atomic E-state index is 4.83. The van der Waals surface area contributed by atoms with Crippen molar-refractivity contribution in [3.8, 4) is 11.4 Å². The van der Waals surface area contributed by atoms with Crippen molar-refractivity contribution in [2.45, 2.75) is 6.92 Å². The second-order valence-corrected chi connectivity index (χ2v) is 6.85. The van der Waals surface area contributed by atoms with E-state index in [1.807, 2.05) is 50.5 Å². The van der Waals surface area contributed by atoms with E-state index in [-0.39, 0.29) is 0 Å². The molecule has 0 fully saturated rings. The molecule has 4 rings (SSSR count). The lowest BCUT2D eigenvalue weighted by Crippen LogP contribution is -2.08. The Morgan fingerprint density at radius 3 is 2.33 bits per heavy atom. The molecule has 0 aliphatic carbocycles. The number of aryl methyl sites for hydroxylation is 1. The lowest BCUT2D eigenvalue weighted by atomic mass is 10.1. The Kier molecular flexibility index (Phi) is 4.47. The topological polar surface area (TPSA) is 41.1 Å². The van der Waals surface area contributed by atoms with Gasteiger partial charge < -0.3 is 10.2 Å². The van der Waals surface area contributed by atoms with Gasteiger partial charge in [-0.15, -0.1) is 0 Å². The first-order valence-corrected chi connectivity index (χ1v) is 8.98. The van der Waals surface area contributed by atoms with Gasteiger partial charge in [-0.1, -0.05) is 35.9 Å². The van der Waals surface area contributed by atoms with E-state index in [4.69, 9.17) is 9.97 Å².